The van der Waals surface area contributed by atoms with Crippen molar-refractivity contribution in [3.63, 3.8) is 0 Å². The van der Waals surface area contributed by atoms with Gasteiger partial charge in [-0.2, -0.15) is 0 Å². The van der Waals surface area contributed by atoms with Gasteiger partial charge in [-0.15, -0.1) is 0 Å². The number of carbonyl (C=O) groups excluding carboxylic acids is 1. The van der Waals surface area contributed by atoms with Crippen LogP contribution in [0.25, 0.3) is 0 Å². The summed E-state index contributed by atoms with van der Waals surface area (Å²) in [4.78, 5) is 24.8. The first-order valence-electron chi connectivity index (χ1n) is 9.23. The third kappa shape index (κ3) is 6.22. The van der Waals surface area contributed by atoms with Crippen molar-refractivity contribution in [3.05, 3.63) is 29.8 Å². The lowest BCUT2D eigenvalue weighted by molar-refractivity contribution is -0.139. The van der Waals surface area contributed by atoms with Crippen molar-refractivity contribution in [3.8, 4) is 5.75 Å². The van der Waals surface area contributed by atoms with Crippen molar-refractivity contribution < 1.29 is 19.4 Å². The van der Waals surface area contributed by atoms with Gasteiger partial charge in [0.2, 0.25) is 0 Å². The van der Waals surface area contributed by atoms with Gasteiger partial charge < -0.3 is 20.5 Å². The number of carboxylic acids is 1. The molecule has 1 aliphatic carbocycles. The van der Waals surface area contributed by atoms with Crippen LogP contribution in [0.5, 0.6) is 5.75 Å². The van der Waals surface area contributed by atoms with E-state index < -0.39 is 5.97 Å². The minimum Gasteiger partial charge on any atom is -0.494 e. The Hall–Kier alpha value is -2.28. The lowest BCUT2D eigenvalue weighted by Crippen LogP contribution is -2.56. The van der Waals surface area contributed by atoms with Crippen molar-refractivity contribution in [2.45, 2.75) is 51.7 Å². The number of carbonyl (C=O) groups is 2. The Balaban J connectivity index is 1.66. The van der Waals surface area contributed by atoms with Gasteiger partial charge >= 0.3 is 12.0 Å². The second-order valence-corrected chi connectivity index (χ2v) is 6.60. The van der Waals surface area contributed by atoms with Crippen LogP contribution in [-0.2, 0) is 11.3 Å². The van der Waals surface area contributed by atoms with Crippen LogP contribution in [0.3, 0.4) is 0 Å². The van der Waals surface area contributed by atoms with Crippen molar-refractivity contribution in [1.82, 2.24) is 15.5 Å². The lowest BCUT2D eigenvalue weighted by atomic mass is 9.85. The molecule has 0 radical (unpaired) electrons. The molecule has 0 bridgehead atoms. The molecule has 144 valence electrons. The molecule has 0 aliphatic heterocycles. The van der Waals surface area contributed by atoms with Gasteiger partial charge in [-0.25, -0.2) is 4.79 Å². The summed E-state index contributed by atoms with van der Waals surface area (Å²) < 4.78 is 5.53. The quantitative estimate of drug-likeness (QED) is 0.593. The van der Waals surface area contributed by atoms with Crippen molar-refractivity contribution >= 4 is 12.0 Å². The van der Waals surface area contributed by atoms with Crippen molar-refractivity contribution in [2.24, 2.45) is 0 Å². The molecular weight excluding hydrogens is 334 g/mol. The molecule has 7 nitrogen and oxygen atoms in total. The van der Waals surface area contributed by atoms with Crippen LogP contribution in [0.4, 0.5) is 4.79 Å². The molecule has 0 heterocycles. The van der Waals surface area contributed by atoms with Gasteiger partial charge in [0, 0.05) is 18.6 Å². The normalized spacial score (nSPS) is 18.9. The molecule has 0 saturated heterocycles. The minimum atomic E-state index is -0.813. The van der Waals surface area contributed by atoms with E-state index >= 15 is 0 Å². The molecule has 7 heteroatoms. The predicted molar refractivity (Wildman–Crippen MR) is 99.3 cm³/mol. The highest BCUT2D eigenvalue weighted by molar-refractivity contribution is 5.74. The molecule has 1 aromatic rings. The first kappa shape index (κ1) is 20.0. The fourth-order valence-electron chi connectivity index (χ4n) is 3.02. The fourth-order valence-corrected chi connectivity index (χ4v) is 3.02. The van der Waals surface area contributed by atoms with Gasteiger partial charge in [0.25, 0.3) is 0 Å². The predicted octanol–water partition coefficient (Wildman–Crippen LogP) is 2.21. The van der Waals surface area contributed by atoms with Crippen LogP contribution in [0, 0.1) is 0 Å². The highest BCUT2D eigenvalue weighted by atomic mass is 16.5. The summed E-state index contributed by atoms with van der Waals surface area (Å²) in [6, 6.07) is 7.84. The van der Waals surface area contributed by atoms with E-state index in [0.717, 1.165) is 30.6 Å². The topological polar surface area (TPSA) is 90.9 Å². The van der Waals surface area contributed by atoms with E-state index in [0.29, 0.717) is 19.7 Å². The van der Waals surface area contributed by atoms with E-state index in [9.17, 15) is 9.59 Å². The Morgan fingerprint density at radius 2 is 1.92 bits per heavy atom. The summed E-state index contributed by atoms with van der Waals surface area (Å²) in [6.45, 7) is 5.93. The summed E-state index contributed by atoms with van der Waals surface area (Å²) in [7, 11) is 0. The summed E-state index contributed by atoms with van der Waals surface area (Å²) in [6.07, 6.45) is 2.55. The average Bonchev–Trinajstić information content (AvgIpc) is 2.60. The number of aliphatic carboxylic acids is 1. The third-order valence-corrected chi connectivity index (χ3v) is 4.56. The monoisotopic (exact) mass is 363 g/mol. The van der Waals surface area contributed by atoms with Gasteiger partial charge in [-0.1, -0.05) is 26.0 Å². The summed E-state index contributed by atoms with van der Waals surface area (Å²) in [5.41, 5.74) is 1.01. The first-order valence-corrected chi connectivity index (χ1v) is 9.23. The van der Waals surface area contributed by atoms with Crippen LogP contribution in [-0.4, -0.2) is 53.8 Å². The Kier molecular flexibility index (Phi) is 7.72. The minimum absolute atomic E-state index is 0.0536. The zero-order valence-electron chi connectivity index (χ0n) is 15.5. The number of carboxylic acid groups (broad SMARTS) is 1. The fraction of sp³-hybridized carbons (Fsp3) is 0.579. The number of likely N-dealkylation sites (N-methyl/N-ethyl adjacent to an activating group) is 1. The van der Waals surface area contributed by atoms with E-state index in [1.807, 2.05) is 36.1 Å². The molecule has 1 aromatic carbocycles. The summed E-state index contributed by atoms with van der Waals surface area (Å²) in [5, 5.41) is 14.7. The SMILES string of the molecule is CCCOc1ccc(CNC(=O)NC2CC(N(CC)CC(=O)O)C2)cc1. The van der Waals surface area contributed by atoms with E-state index in [2.05, 4.69) is 17.6 Å². The maximum absolute atomic E-state index is 12.0. The molecule has 1 fully saturated rings. The van der Waals surface area contributed by atoms with E-state index in [4.69, 9.17) is 9.84 Å². The number of hydrogen-bond donors (Lipinski definition) is 3. The molecule has 2 amide bonds. The van der Waals surface area contributed by atoms with Gasteiger partial charge in [0.15, 0.2) is 0 Å². The van der Waals surface area contributed by atoms with Gasteiger partial charge in [0.1, 0.15) is 5.75 Å². The Morgan fingerprint density at radius 1 is 1.23 bits per heavy atom. The number of urea groups is 1. The highest BCUT2D eigenvalue weighted by Gasteiger charge is 2.34. The summed E-state index contributed by atoms with van der Waals surface area (Å²) >= 11 is 0. The molecule has 2 rings (SSSR count). The smallest absolute Gasteiger partial charge is 0.317 e. The molecule has 0 aromatic heterocycles. The van der Waals surface area contributed by atoms with Crippen LogP contribution in [0.15, 0.2) is 24.3 Å². The van der Waals surface area contributed by atoms with E-state index in [1.54, 1.807) is 0 Å². The summed E-state index contributed by atoms with van der Waals surface area (Å²) in [5.74, 6) is 0.0227. The average molecular weight is 363 g/mol. The Labute approximate surface area is 154 Å². The molecule has 3 N–H and O–H groups in total. The van der Waals surface area contributed by atoms with Crippen LogP contribution in [0.2, 0.25) is 0 Å². The van der Waals surface area contributed by atoms with Crippen LogP contribution in [0.1, 0.15) is 38.7 Å². The number of nitrogens with zero attached hydrogens (tertiary/aromatic N) is 1. The van der Waals surface area contributed by atoms with Crippen molar-refractivity contribution in [1.29, 1.82) is 0 Å². The number of rotatable bonds is 10. The second-order valence-electron chi connectivity index (χ2n) is 6.60. The zero-order valence-corrected chi connectivity index (χ0v) is 15.5. The van der Waals surface area contributed by atoms with Gasteiger partial charge in [-0.05, 0) is 43.5 Å². The highest BCUT2D eigenvalue weighted by Crippen LogP contribution is 2.25. The van der Waals surface area contributed by atoms with Gasteiger partial charge in [0.05, 0.1) is 13.2 Å². The molecule has 0 atom stereocenters. The molecule has 1 saturated carbocycles. The van der Waals surface area contributed by atoms with Crippen LogP contribution < -0.4 is 15.4 Å². The number of amides is 2. The van der Waals surface area contributed by atoms with Crippen molar-refractivity contribution in [2.75, 3.05) is 19.7 Å². The largest absolute Gasteiger partial charge is 0.494 e. The second kappa shape index (κ2) is 10.0. The lowest BCUT2D eigenvalue weighted by Gasteiger charge is -2.42. The number of ether oxygens (including phenoxy) is 1. The molecule has 1 aliphatic rings. The molecular formula is C19H29N3O4. The third-order valence-electron chi connectivity index (χ3n) is 4.56. The van der Waals surface area contributed by atoms with E-state index in [1.165, 1.54) is 0 Å². The molecule has 0 unspecified atom stereocenters. The number of hydrogen-bond acceptors (Lipinski definition) is 4. The van der Waals surface area contributed by atoms with Gasteiger partial charge in [-0.3, -0.25) is 9.69 Å². The molecule has 0 spiro atoms. The standard InChI is InChI=1S/C19H29N3O4/c1-3-9-26-17-7-5-14(6-8-17)12-20-19(25)21-15-10-16(11-15)22(4-2)13-18(23)24/h5-8,15-16H,3-4,9-13H2,1-2H3,(H,23,24)(H2,20,21,25). The van der Waals surface area contributed by atoms with E-state index in [-0.39, 0.29) is 24.7 Å². The van der Waals surface area contributed by atoms with Crippen LogP contribution >= 0.6 is 0 Å². The number of nitrogens with one attached hydrogen (secondary N) is 2. The maximum Gasteiger partial charge on any atom is 0.317 e. The Morgan fingerprint density at radius 3 is 2.50 bits per heavy atom. The Bertz CT molecular complexity index is 585. The zero-order chi connectivity index (χ0) is 18.9. The maximum atomic E-state index is 12.0. The number of benzene rings is 1. The first-order chi connectivity index (χ1) is 12.5. The molecule has 26 heavy (non-hydrogen) atoms.